The Labute approximate surface area is 152 Å². The van der Waals surface area contributed by atoms with Crippen LogP contribution in [0.4, 0.5) is 5.95 Å². The van der Waals surface area contributed by atoms with Gasteiger partial charge in [0.25, 0.3) is 5.56 Å². The molecule has 1 fully saturated rings. The van der Waals surface area contributed by atoms with E-state index in [-0.39, 0.29) is 11.2 Å². The summed E-state index contributed by atoms with van der Waals surface area (Å²) in [4.78, 5) is 32.4. The molecular formula is C18H26N6O2. The van der Waals surface area contributed by atoms with Gasteiger partial charge < -0.3 is 10.2 Å². The maximum Gasteiger partial charge on any atom is 0.332 e. The molecule has 1 saturated heterocycles. The molecule has 1 aliphatic heterocycles. The van der Waals surface area contributed by atoms with Gasteiger partial charge >= 0.3 is 5.69 Å². The van der Waals surface area contributed by atoms with E-state index in [0.29, 0.717) is 24.3 Å². The van der Waals surface area contributed by atoms with Gasteiger partial charge in [0.15, 0.2) is 11.2 Å². The number of fused-ring (bicyclic) bond motifs is 1. The number of nitrogens with zero attached hydrogens (tertiary/aromatic N) is 5. The first-order valence-electron chi connectivity index (χ1n) is 9.15. The number of imidazole rings is 1. The Bertz CT molecular complexity index is 966. The molecule has 3 heterocycles. The van der Waals surface area contributed by atoms with E-state index in [1.54, 1.807) is 11.5 Å². The molecule has 0 spiro atoms. The molecule has 0 bridgehead atoms. The number of nitrogens with one attached hydrogen (secondary N) is 1. The lowest BCUT2D eigenvalue weighted by Gasteiger charge is -2.28. The predicted molar refractivity (Wildman–Crippen MR) is 103 cm³/mol. The van der Waals surface area contributed by atoms with Gasteiger partial charge in [-0.3, -0.25) is 18.5 Å². The molecule has 0 amide bonds. The smallest absolute Gasteiger partial charge is 0.332 e. The summed E-state index contributed by atoms with van der Waals surface area (Å²) >= 11 is 0. The first kappa shape index (κ1) is 18.3. The Morgan fingerprint density at radius 3 is 2.58 bits per heavy atom. The fraction of sp³-hybridized carbons (Fsp3) is 0.611. The van der Waals surface area contributed by atoms with Gasteiger partial charge in [-0.1, -0.05) is 19.3 Å². The van der Waals surface area contributed by atoms with Crippen molar-refractivity contribution >= 4 is 17.1 Å². The summed E-state index contributed by atoms with van der Waals surface area (Å²) in [5, 5.41) is 3.32. The molecule has 1 aliphatic rings. The third-order valence-corrected chi connectivity index (χ3v) is 4.76. The summed E-state index contributed by atoms with van der Waals surface area (Å²) in [6.07, 6.45) is 1.82. The fourth-order valence-electron chi connectivity index (χ4n) is 3.28. The van der Waals surface area contributed by atoms with Crippen molar-refractivity contribution in [1.82, 2.24) is 24.0 Å². The molecule has 3 rings (SSSR count). The zero-order valence-corrected chi connectivity index (χ0v) is 15.7. The Morgan fingerprint density at radius 1 is 1.19 bits per heavy atom. The van der Waals surface area contributed by atoms with Crippen LogP contribution in [0.2, 0.25) is 0 Å². The van der Waals surface area contributed by atoms with E-state index >= 15 is 0 Å². The average molecular weight is 358 g/mol. The Kier molecular flexibility index (Phi) is 5.47. The minimum atomic E-state index is -0.315. The lowest BCUT2D eigenvalue weighted by molar-refractivity contribution is 0.572. The van der Waals surface area contributed by atoms with Gasteiger partial charge in [-0.05, 0) is 13.3 Å². The Hall–Kier alpha value is -2.53. The summed E-state index contributed by atoms with van der Waals surface area (Å²) in [6, 6.07) is 0. The molecule has 1 N–H and O–H groups in total. The van der Waals surface area contributed by atoms with Gasteiger partial charge in [0, 0.05) is 39.8 Å². The molecule has 0 radical (unpaired) electrons. The van der Waals surface area contributed by atoms with Crippen LogP contribution in [0, 0.1) is 11.8 Å². The molecular weight excluding hydrogens is 332 g/mol. The van der Waals surface area contributed by atoms with E-state index in [2.05, 4.69) is 29.0 Å². The molecule has 8 heteroatoms. The van der Waals surface area contributed by atoms with Crippen LogP contribution in [-0.2, 0) is 20.1 Å². The SMILES string of the molecule is CC#CCn1c(N2CCNCC2)nc2c1c(=O)n(C)c(=O)n2CCCC. The van der Waals surface area contributed by atoms with Crippen LogP contribution in [0.1, 0.15) is 26.7 Å². The van der Waals surface area contributed by atoms with Crippen LogP contribution in [0.5, 0.6) is 0 Å². The second-order valence-electron chi connectivity index (χ2n) is 6.49. The lowest BCUT2D eigenvalue weighted by atomic mass is 10.3. The van der Waals surface area contributed by atoms with Crippen molar-refractivity contribution in [2.24, 2.45) is 7.05 Å². The van der Waals surface area contributed by atoms with Crippen molar-refractivity contribution in [3.63, 3.8) is 0 Å². The van der Waals surface area contributed by atoms with Crippen molar-refractivity contribution in [2.75, 3.05) is 31.1 Å². The van der Waals surface area contributed by atoms with Gasteiger partial charge in [-0.2, -0.15) is 4.98 Å². The number of hydrogen-bond acceptors (Lipinski definition) is 5. The van der Waals surface area contributed by atoms with Gasteiger partial charge in [-0.25, -0.2) is 4.79 Å². The molecule has 0 aliphatic carbocycles. The number of piperazine rings is 1. The zero-order valence-electron chi connectivity index (χ0n) is 15.7. The first-order chi connectivity index (χ1) is 12.6. The largest absolute Gasteiger partial charge is 0.340 e. The molecule has 2 aromatic heterocycles. The van der Waals surface area contributed by atoms with Crippen LogP contribution in [0.25, 0.3) is 11.2 Å². The zero-order chi connectivity index (χ0) is 18.7. The minimum Gasteiger partial charge on any atom is -0.340 e. The lowest BCUT2D eigenvalue weighted by Crippen LogP contribution is -2.44. The van der Waals surface area contributed by atoms with E-state index in [1.165, 1.54) is 11.6 Å². The molecule has 140 valence electrons. The topological polar surface area (TPSA) is 77.1 Å². The van der Waals surface area contributed by atoms with Gasteiger partial charge in [0.05, 0.1) is 6.54 Å². The quantitative estimate of drug-likeness (QED) is 0.769. The van der Waals surface area contributed by atoms with Gasteiger partial charge in [0.2, 0.25) is 5.95 Å². The van der Waals surface area contributed by atoms with E-state index in [0.717, 1.165) is 45.0 Å². The normalized spacial score (nSPS) is 14.5. The maximum atomic E-state index is 12.9. The minimum absolute atomic E-state index is 0.311. The average Bonchev–Trinajstić information content (AvgIpc) is 3.04. The molecule has 0 atom stereocenters. The van der Waals surface area contributed by atoms with Crippen LogP contribution >= 0.6 is 0 Å². The fourth-order valence-corrected chi connectivity index (χ4v) is 3.28. The highest BCUT2D eigenvalue weighted by Crippen LogP contribution is 2.20. The molecule has 0 unspecified atom stereocenters. The Balaban J connectivity index is 2.29. The van der Waals surface area contributed by atoms with Crippen LogP contribution in [0.15, 0.2) is 9.59 Å². The number of aromatic nitrogens is 4. The molecule has 0 saturated carbocycles. The third kappa shape index (κ3) is 3.15. The van der Waals surface area contributed by atoms with Crippen LogP contribution < -0.4 is 21.5 Å². The standard InChI is InChI=1S/C18H26N6O2/c1-4-6-10-23-14-15(20-17(23)22-12-8-19-9-13-22)24(11-7-5-2)18(26)21(3)16(14)25/h19H,5,7-13H2,1-3H3. The third-order valence-electron chi connectivity index (χ3n) is 4.76. The second kappa shape index (κ2) is 7.79. The second-order valence-corrected chi connectivity index (χ2v) is 6.49. The molecule has 2 aromatic rings. The molecule has 8 nitrogen and oxygen atoms in total. The van der Waals surface area contributed by atoms with E-state index in [9.17, 15) is 9.59 Å². The van der Waals surface area contributed by atoms with Crippen LogP contribution in [-0.4, -0.2) is 44.9 Å². The summed E-state index contributed by atoms with van der Waals surface area (Å²) in [7, 11) is 1.53. The predicted octanol–water partition coefficient (Wildman–Crippen LogP) is 0.130. The van der Waals surface area contributed by atoms with E-state index < -0.39 is 0 Å². The highest BCUT2D eigenvalue weighted by molar-refractivity contribution is 5.75. The van der Waals surface area contributed by atoms with Crippen molar-refractivity contribution in [2.45, 2.75) is 39.8 Å². The maximum absolute atomic E-state index is 12.9. The highest BCUT2D eigenvalue weighted by Gasteiger charge is 2.24. The van der Waals surface area contributed by atoms with Crippen molar-refractivity contribution in [1.29, 1.82) is 0 Å². The van der Waals surface area contributed by atoms with Gasteiger partial charge in [0.1, 0.15) is 0 Å². The first-order valence-corrected chi connectivity index (χ1v) is 9.15. The molecule has 0 aromatic carbocycles. The van der Waals surface area contributed by atoms with Crippen LogP contribution in [0.3, 0.4) is 0 Å². The number of anilines is 1. The monoisotopic (exact) mass is 358 g/mol. The number of unbranched alkanes of at least 4 members (excludes halogenated alkanes) is 1. The summed E-state index contributed by atoms with van der Waals surface area (Å²) < 4.78 is 4.67. The number of aryl methyl sites for hydroxylation is 1. The van der Waals surface area contributed by atoms with Crippen molar-refractivity contribution < 1.29 is 0 Å². The summed E-state index contributed by atoms with van der Waals surface area (Å²) in [6.45, 7) is 8.13. The summed E-state index contributed by atoms with van der Waals surface area (Å²) in [5.74, 6) is 6.65. The van der Waals surface area contributed by atoms with E-state index in [1.807, 2.05) is 4.57 Å². The number of hydrogen-bond donors (Lipinski definition) is 1. The summed E-state index contributed by atoms with van der Waals surface area (Å²) in [5.41, 5.74) is 0.302. The number of rotatable bonds is 5. The highest BCUT2D eigenvalue weighted by atomic mass is 16.2. The molecule has 26 heavy (non-hydrogen) atoms. The van der Waals surface area contributed by atoms with Gasteiger partial charge in [-0.15, -0.1) is 5.92 Å². The van der Waals surface area contributed by atoms with E-state index in [4.69, 9.17) is 4.98 Å². The van der Waals surface area contributed by atoms with Crippen molar-refractivity contribution in [3.05, 3.63) is 20.8 Å². The Morgan fingerprint density at radius 2 is 1.92 bits per heavy atom. The van der Waals surface area contributed by atoms with Crippen molar-refractivity contribution in [3.8, 4) is 11.8 Å².